The smallest absolute Gasteiger partial charge is 0.0917 e. The second-order valence-electron chi connectivity index (χ2n) is 7.57. The maximum absolute atomic E-state index is 5.07. The van der Waals surface area contributed by atoms with Crippen molar-refractivity contribution in [3.63, 3.8) is 0 Å². The molecule has 0 unspecified atom stereocenters. The summed E-state index contributed by atoms with van der Waals surface area (Å²) >= 11 is 0. The van der Waals surface area contributed by atoms with Crippen molar-refractivity contribution in [3.05, 3.63) is 46.9 Å². The van der Waals surface area contributed by atoms with Crippen LogP contribution in [0.5, 0.6) is 0 Å². The zero-order valence-corrected chi connectivity index (χ0v) is 16.5. The molecular weight excluding hydrogens is 306 g/mol. The van der Waals surface area contributed by atoms with Crippen LogP contribution < -0.4 is 0 Å². The molecule has 0 spiro atoms. The van der Waals surface area contributed by atoms with E-state index in [0.29, 0.717) is 12.0 Å². The summed E-state index contributed by atoms with van der Waals surface area (Å²) in [4.78, 5) is 9.97. The Hall–Kier alpha value is -2.16. The van der Waals surface area contributed by atoms with E-state index >= 15 is 0 Å². The van der Waals surface area contributed by atoms with Gasteiger partial charge in [0.25, 0.3) is 0 Å². The van der Waals surface area contributed by atoms with Gasteiger partial charge in [0.05, 0.1) is 16.7 Å². The van der Waals surface area contributed by atoms with Crippen LogP contribution >= 0.6 is 0 Å². The van der Waals surface area contributed by atoms with Gasteiger partial charge in [-0.2, -0.15) is 0 Å². The van der Waals surface area contributed by atoms with E-state index in [1.807, 2.05) is 0 Å². The third kappa shape index (κ3) is 3.08. The Kier molecular flexibility index (Phi) is 4.68. The van der Waals surface area contributed by atoms with Crippen LogP contribution in [0.4, 0.5) is 0 Å². The SMILES string of the molecule is CCc1nc(C(C)C)ccc1-c1nc2c(C)cn(C(C)C)c2cc1C. The van der Waals surface area contributed by atoms with Crippen LogP contribution in [0.2, 0.25) is 0 Å². The predicted molar refractivity (Wildman–Crippen MR) is 106 cm³/mol. The van der Waals surface area contributed by atoms with Gasteiger partial charge < -0.3 is 4.57 Å². The van der Waals surface area contributed by atoms with Gasteiger partial charge in [-0.1, -0.05) is 20.8 Å². The molecule has 132 valence electrons. The third-order valence-corrected chi connectivity index (χ3v) is 4.91. The molecular formula is C22H29N3. The summed E-state index contributed by atoms with van der Waals surface area (Å²) in [6.07, 6.45) is 3.13. The maximum atomic E-state index is 5.07. The molecule has 0 bridgehead atoms. The van der Waals surface area contributed by atoms with Crippen molar-refractivity contribution in [2.75, 3.05) is 0 Å². The number of aromatic nitrogens is 3. The number of hydrogen-bond donors (Lipinski definition) is 0. The number of pyridine rings is 2. The topological polar surface area (TPSA) is 30.7 Å². The van der Waals surface area contributed by atoms with Gasteiger partial charge in [-0.15, -0.1) is 0 Å². The number of fused-ring (bicyclic) bond motifs is 1. The minimum absolute atomic E-state index is 0.432. The fraction of sp³-hybridized carbons (Fsp3) is 0.455. The van der Waals surface area contributed by atoms with Crippen LogP contribution in [-0.4, -0.2) is 14.5 Å². The van der Waals surface area contributed by atoms with E-state index < -0.39 is 0 Å². The first-order valence-electron chi connectivity index (χ1n) is 9.32. The summed E-state index contributed by atoms with van der Waals surface area (Å²) in [7, 11) is 0. The van der Waals surface area contributed by atoms with E-state index in [-0.39, 0.29) is 0 Å². The molecule has 0 aliphatic rings. The summed E-state index contributed by atoms with van der Waals surface area (Å²) in [5.41, 5.74) is 9.29. The lowest BCUT2D eigenvalue weighted by molar-refractivity contribution is 0.621. The van der Waals surface area contributed by atoms with Crippen molar-refractivity contribution in [1.29, 1.82) is 0 Å². The summed E-state index contributed by atoms with van der Waals surface area (Å²) in [6, 6.07) is 7.07. The van der Waals surface area contributed by atoms with E-state index in [4.69, 9.17) is 9.97 Å². The van der Waals surface area contributed by atoms with Gasteiger partial charge >= 0.3 is 0 Å². The first kappa shape index (κ1) is 17.7. The highest BCUT2D eigenvalue weighted by molar-refractivity contribution is 5.84. The van der Waals surface area contributed by atoms with E-state index in [0.717, 1.165) is 29.0 Å². The number of rotatable bonds is 4. The Morgan fingerprint density at radius 1 is 1.00 bits per heavy atom. The Labute approximate surface area is 151 Å². The van der Waals surface area contributed by atoms with Gasteiger partial charge in [-0.3, -0.25) is 4.98 Å². The van der Waals surface area contributed by atoms with Gasteiger partial charge in [0, 0.05) is 29.2 Å². The molecule has 0 atom stereocenters. The highest BCUT2D eigenvalue weighted by Crippen LogP contribution is 2.31. The molecule has 3 rings (SSSR count). The quantitative estimate of drug-likeness (QED) is 0.587. The molecule has 3 heterocycles. The zero-order valence-electron chi connectivity index (χ0n) is 16.5. The molecule has 0 radical (unpaired) electrons. The van der Waals surface area contributed by atoms with Crippen molar-refractivity contribution in [2.24, 2.45) is 0 Å². The Bertz CT molecular complexity index is 917. The molecule has 0 saturated heterocycles. The van der Waals surface area contributed by atoms with Gasteiger partial charge in [-0.25, -0.2) is 4.98 Å². The molecule has 3 heteroatoms. The summed E-state index contributed by atoms with van der Waals surface area (Å²) in [5, 5.41) is 0. The second-order valence-corrected chi connectivity index (χ2v) is 7.57. The largest absolute Gasteiger partial charge is 0.343 e. The van der Waals surface area contributed by atoms with Gasteiger partial charge in [0.2, 0.25) is 0 Å². The van der Waals surface area contributed by atoms with Gasteiger partial charge in [-0.05, 0) is 69.4 Å². The minimum Gasteiger partial charge on any atom is -0.343 e. The maximum Gasteiger partial charge on any atom is 0.0917 e. The van der Waals surface area contributed by atoms with E-state index in [1.165, 1.54) is 22.2 Å². The minimum atomic E-state index is 0.432. The number of aryl methyl sites for hydroxylation is 3. The van der Waals surface area contributed by atoms with Crippen molar-refractivity contribution >= 4 is 11.0 Å². The van der Waals surface area contributed by atoms with Crippen LogP contribution in [0.15, 0.2) is 24.4 Å². The average molecular weight is 335 g/mol. The standard InChI is InChI=1S/C22H29N3/c1-8-18-17(9-10-19(23-18)13(2)3)21-15(6)11-20-22(24-21)16(7)12-25(20)14(4)5/h9-14H,8H2,1-7H3. The van der Waals surface area contributed by atoms with Crippen molar-refractivity contribution in [2.45, 2.75) is 66.8 Å². The molecule has 3 aromatic heterocycles. The lowest BCUT2D eigenvalue weighted by Crippen LogP contribution is -2.02. The molecule has 3 nitrogen and oxygen atoms in total. The summed E-state index contributed by atoms with van der Waals surface area (Å²) < 4.78 is 2.31. The monoisotopic (exact) mass is 335 g/mol. The Morgan fingerprint density at radius 3 is 2.32 bits per heavy atom. The highest BCUT2D eigenvalue weighted by atomic mass is 15.0. The number of hydrogen-bond acceptors (Lipinski definition) is 2. The predicted octanol–water partition coefficient (Wildman–Crippen LogP) is 5.98. The van der Waals surface area contributed by atoms with E-state index in [9.17, 15) is 0 Å². The molecule has 25 heavy (non-hydrogen) atoms. The fourth-order valence-corrected chi connectivity index (χ4v) is 3.45. The molecule has 0 aliphatic heterocycles. The van der Waals surface area contributed by atoms with Crippen molar-refractivity contribution < 1.29 is 0 Å². The molecule has 3 aromatic rings. The van der Waals surface area contributed by atoms with Crippen LogP contribution in [0.3, 0.4) is 0 Å². The average Bonchev–Trinajstić information content (AvgIpc) is 2.89. The van der Waals surface area contributed by atoms with Crippen molar-refractivity contribution in [1.82, 2.24) is 14.5 Å². The Morgan fingerprint density at radius 2 is 1.72 bits per heavy atom. The number of nitrogens with zero attached hydrogens (tertiary/aromatic N) is 3. The normalized spacial score (nSPS) is 11.9. The zero-order chi connectivity index (χ0) is 18.3. The van der Waals surface area contributed by atoms with Crippen LogP contribution in [0, 0.1) is 13.8 Å². The fourth-order valence-electron chi connectivity index (χ4n) is 3.45. The molecule has 0 N–H and O–H groups in total. The highest BCUT2D eigenvalue weighted by Gasteiger charge is 2.16. The lowest BCUT2D eigenvalue weighted by Gasteiger charge is -2.14. The lowest BCUT2D eigenvalue weighted by atomic mass is 10.0. The molecule has 0 saturated carbocycles. The summed E-state index contributed by atoms with van der Waals surface area (Å²) in [5.74, 6) is 0.443. The van der Waals surface area contributed by atoms with Crippen LogP contribution in [0.25, 0.3) is 22.3 Å². The first-order valence-corrected chi connectivity index (χ1v) is 9.32. The van der Waals surface area contributed by atoms with Crippen LogP contribution in [0.1, 0.15) is 69.1 Å². The first-order chi connectivity index (χ1) is 11.8. The van der Waals surface area contributed by atoms with E-state index in [2.05, 4.69) is 77.4 Å². The molecule has 0 fully saturated rings. The van der Waals surface area contributed by atoms with E-state index in [1.54, 1.807) is 0 Å². The third-order valence-electron chi connectivity index (χ3n) is 4.91. The summed E-state index contributed by atoms with van der Waals surface area (Å²) in [6.45, 7) is 15.3. The molecule has 0 amide bonds. The molecule has 0 aliphatic carbocycles. The van der Waals surface area contributed by atoms with Crippen molar-refractivity contribution in [3.8, 4) is 11.3 Å². The van der Waals surface area contributed by atoms with Gasteiger partial charge in [0.1, 0.15) is 0 Å². The molecule has 0 aromatic carbocycles. The Balaban J connectivity index is 2.23. The van der Waals surface area contributed by atoms with Crippen LogP contribution in [-0.2, 0) is 6.42 Å². The second kappa shape index (κ2) is 6.62. The van der Waals surface area contributed by atoms with Gasteiger partial charge in [0.15, 0.2) is 0 Å².